The minimum atomic E-state index is -0.490. The number of carbonyl (C=O) groups excluding carboxylic acids is 1. The first-order valence-electron chi connectivity index (χ1n) is 5.93. The molecule has 0 radical (unpaired) electrons. The molecule has 1 aromatic heterocycles. The van der Waals surface area contributed by atoms with E-state index in [4.69, 9.17) is 5.73 Å². The molecule has 0 fully saturated rings. The van der Waals surface area contributed by atoms with Gasteiger partial charge in [0.2, 0.25) is 0 Å². The van der Waals surface area contributed by atoms with Crippen LogP contribution in [-0.2, 0) is 11.3 Å². The van der Waals surface area contributed by atoms with Gasteiger partial charge >= 0.3 is 5.97 Å². The van der Waals surface area contributed by atoms with E-state index in [2.05, 4.69) is 31.0 Å². The second-order valence-electron chi connectivity index (χ2n) is 4.11. The Labute approximate surface area is 125 Å². The van der Waals surface area contributed by atoms with E-state index < -0.39 is 5.97 Å². The highest BCUT2D eigenvalue weighted by Gasteiger charge is 2.10. The summed E-state index contributed by atoms with van der Waals surface area (Å²) in [5, 5.41) is 3.11. The third-order valence-electron chi connectivity index (χ3n) is 2.67. The predicted octanol–water partition coefficient (Wildman–Crippen LogP) is 2.83. The third kappa shape index (κ3) is 3.48. The van der Waals surface area contributed by atoms with Gasteiger partial charge in [-0.05, 0) is 29.8 Å². The second kappa shape index (κ2) is 6.38. The van der Waals surface area contributed by atoms with E-state index in [-0.39, 0.29) is 5.69 Å². The van der Waals surface area contributed by atoms with Gasteiger partial charge in [0, 0.05) is 11.0 Å². The first-order valence-corrected chi connectivity index (χ1v) is 6.72. The van der Waals surface area contributed by atoms with Crippen molar-refractivity contribution in [1.29, 1.82) is 0 Å². The zero-order valence-electron chi connectivity index (χ0n) is 10.9. The maximum absolute atomic E-state index is 11.4. The number of ether oxygens (including phenoxy) is 1. The Morgan fingerprint density at radius 2 is 2.20 bits per heavy atom. The van der Waals surface area contributed by atoms with Crippen LogP contribution in [0.2, 0.25) is 0 Å². The molecule has 1 heterocycles. The van der Waals surface area contributed by atoms with Gasteiger partial charge in [-0.25, -0.2) is 9.78 Å². The number of esters is 1. The predicted molar refractivity (Wildman–Crippen MR) is 81.5 cm³/mol. The number of benzene rings is 1. The molecule has 3 N–H and O–H groups in total. The van der Waals surface area contributed by atoms with Gasteiger partial charge in [0.1, 0.15) is 5.82 Å². The molecule has 0 saturated carbocycles. The summed E-state index contributed by atoms with van der Waals surface area (Å²) in [7, 11) is 1.31. The summed E-state index contributed by atoms with van der Waals surface area (Å²) in [5.74, 6) is -0.0246. The van der Waals surface area contributed by atoms with Crippen molar-refractivity contribution >= 4 is 33.4 Å². The van der Waals surface area contributed by atoms with E-state index in [1.54, 1.807) is 6.07 Å². The third-order valence-corrected chi connectivity index (χ3v) is 3.16. The number of nitrogens with one attached hydrogen (secondary N) is 1. The fourth-order valence-electron chi connectivity index (χ4n) is 1.66. The first-order chi connectivity index (χ1) is 9.60. The van der Waals surface area contributed by atoms with Crippen molar-refractivity contribution in [2.75, 3.05) is 18.2 Å². The van der Waals surface area contributed by atoms with Crippen molar-refractivity contribution in [2.24, 2.45) is 0 Å². The largest absolute Gasteiger partial charge is 0.464 e. The zero-order chi connectivity index (χ0) is 14.5. The number of anilines is 2. The van der Waals surface area contributed by atoms with E-state index in [1.807, 2.05) is 24.3 Å². The lowest BCUT2D eigenvalue weighted by molar-refractivity contribution is 0.0594. The van der Waals surface area contributed by atoms with Gasteiger partial charge in [0.25, 0.3) is 0 Å². The highest BCUT2D eigenvalue weighted by Crippen LogP contribution is 2.18. The summed E-state index contributed by atoms with van der Waals surface area (Å²) >= 11 is 3.41. The summed E-state index contributed by atoms with van der Waals surface area (Å²) in [4.78, 5) is 15.6. The number of nitrogens with zero attached hydrogens (tertiary/aromatic N) is 1. The Hall–Kier alpha value is -2.08. The van der Waals surface area contributed by atoms with Crippen LogP contribution >= 0.6 is 15.9 Å². The Kier molecular flexibility index (Phi) is 4.57. The molecule has 0 saturated heterocycles. The molecule has 0 unspecified atom stereocenters. The second-order valence-corrected chi connectivity index (χ2v) is 5.03. The first kappa shape index (κ1) is 14.3. The Balaban J connectivity index is 2.14. The number of hydrogen-bond donors (Lipinski definition) is 2. The Bertz CT molecular complexity index is 632. The minimum Gasteiger partial charge on any atom is -0.464 e. The molecule has 0 bridgehead atoms. The van der Waals surface area contributed by atoms with Gasteiger partial charge in [0.15, 0.2) is 5.69 Å². The zero-order valence-corrected chi connectivity index (χ0v) is 12.5. The van der Waals surface area contributed by atoms with Crippen LogP contribution in [0.1, 0.15) is 16.1 Å². The van der Waals surface area contributed by atoms with Crippen LogP contribution in [0.3, 0.4) is 0 Å². The van der Waals surface area contributed by atoms with Crippen LogP contribution in [0, 0.1) is 0 Å². The number of rotatable bonds is 4. The molecular formula is C14H14BrN3O2. The van der Waals surface area contributed by atoms with Crippen LogP contribution in [-0.4, -0.2) is 18.1 Å². The highest BCUT2D eigenvalue weighted by molar-refractivity contribution is 9.10. The molecule has 0 spiro atoms. The number of nitrogen functional groups attached to an aromatic ring is 1. The number of aromatic nitrogens is 1. The summed E-state index contributed by atoms with van der Waals surface area (Å²) in [5.41, 5.74) is 7.61. The Morgan fingerprint density at radius 1 is 1.40 bits per heavy atom. The van der Waals surface area contributed by atoms with Gasteiger partial charge in [-0.15, -0.1) is 0 Å². The van der Waals surface area contributed by atoms with Crippen LogP contribution in [0.15, 0.2) is 40.9 Å². The van der Waals surface area contributed by atoms with Gasteiger partial charge in [0.05, 0.1) is 12.8 Å². The van der Waals surface area contributed by atoms with Gasteiger partial charge in [-0.1, -0.05) is 28.1 Å². The average molecular weight is 336 g/mol. The van der Waals surface area contributed by atoms with E-state index in [0.29, 0.717) is 18.1 Å². The van der Waals surface area contributed by atoms with Gasteiger partial charge in [-0.3, -0.25) is 0 Å². The summed E-state index contributed by atoms with van der Waals surface area (Å²) in [6, 6.07) is 11.0. The number of pyridine rings is 1. The molecule has 5 nitrogen and oxygen atoms in total. The molecule has 6 heteroatoms. The lowest BCUT2D eigenvalue weighted by Crippen LogP contribution is -2.10. The molecule has 0 aliphatic rings. The van der Waals surface area contributed by atoms with Crippen LogP contribution in [0.4, 0.5) is 11.5 Å². The molecule has 0 aliphatic heterocycles. The monoisotopic (exact) mass is 335 g/mol. The molecular weight excluding hydrogens is 322 g/mol. The summed E-state index contributed by atoms with van der Waals surface area (Å²) in [6.45, 7) is 0.557. The van der Waals surface area contributed by atoms with Crippen molar-refractivity contribution in [3.8, 4) is 0 Å². The standard InChI is InChI=1S/C14H14BrN3O2/c1-20-14(19)12-6-5-11(16)13(18-12)17-8-9-3-2-4-10(15)7-9/h2-7H,8,16H2,1H3,(H,17,18). The average Bonchev–Trinajstić information content (AvgIpc) is 2.45. The number of hydrogen-bond acceptors (Lipinski definition) is 5. The highest BCUT2D eigenvalue weighted by atomic mass is 79.9. The number of methoxy groups -OCH3 is 1. The minimum absolute atomic E-state index is 0.221. The SMILES string of the molecule is COC(=O)c1ccc(N)c(NCc2cccc(Br)c2)n1. The van der Waals surface area contributed by atoms with E-state index in [9.17, 15) is 4.79 Å². The van der Waals surface area contributed by atoms with Gasteiger partial charge in [-0.2, -0.15) is 0 Å². The van der Waals surface area contributed by atoms with Crippen molar-refractivity contribution in [3.63, 3.8) is 0 Å². The van der Waals surface area contributed by atoms with Crippen LogP contribution < -0.4 is 11.1 Å². The fourth-order valence-corrected chi connectivity index (χ4v) is 2.11. The summed E-state index contributed by atoms with van der Waals surface area (Å²) in [6.07, 6.45) is 0. The molecule has 2 rings (SSSR count). The van der Waals surface area contributed by atoms with Crippen LogP contribution in [0.5, 0.6) is 0 Å². The van der Waals surface area contributed by atoms with Crippen molar-refractivity contribution in [1.82, 2.24) is 4.98 Å². The van der Waals surface area contributed by atoms with E-state index in [0.717, 1.165) is 10.0 Å². The number of nitrogens with two attached hydrogens (primary N) is 1. The molecule has 0 amide bonds. The van der Waals surface area contributed by atoms with Crippen molar-refractivity contribution < 1.29 is 9.53 Å². The lowest BCUT2D eigenvalue weighted by atomic mass is 10.2. The Morgan fingerprint density at radius 3 is 2.90 bits per heavy atom. The van der Waals surface area contributed by atoms with E-state index in [1.165, 1.54) is 13.2 Å². The smallest absolute Gasteiger partial charge is 0.356 e. The topological polar surface area (TPSA) is 77.2 Å². The van der Waals surface area contributed by atoms with Crippen molar-refractivity contribution in [3.05, 3.63) is 52.1 Å². The van der Waals surface area contributed by atoms with Gasteiger partial charge < -0.3 is 15.8 Å². The number of carbonyl (C=O) groups is 1. The molecule has 0 atom stereocenters. The normalized spacial score (nSPS) is 10.1. The molecule has 2 aromatic rings. The van der Waals surface area contributed by atoms with Crippen molar-refractivity contribution in [2.45, 2.75) is 6.54 Å². The molecule has 0 aliphatic carbocycles. The fraction of sp³-hybridized carbons (Fsp3) is 0.143. The van der Waals surface area contributed by atoms with Crippen LogP contribution in [0.25, 0.3) is 0 Å². The maximum atomic E-state index is 11.4. The summed E-state index contributed by atoms with van der Waals surface area (Å²) < 4.78 is 5.63. The quantitative estimate of drug-likeness (QED) is 0.840. The molecule has 104 valence electrons. The van der Waals surface area contributed by atoms with E-state index >= 15 is 0 Å². The number of halogens is 1. The molecule has 20 heavy (non-hydrogen) atoms. The lowest BCUT2D eigenvalue weighted by Gasteiger charge is -2.10. The molecule has 1 aromatic carbocycles. The maximum Gasteiger partial charge on any atom is 0.356 e.